The van der Waals surface area contributed by atoms with Crippen LogP contribution in [0.3, 0.4) is 0 Å². The first-order chi connectivity index (χ1) is 16.8. The van der Waals surface area contributed by atoms with Crippen molar-refractivity contribution < 1.29 is 4.79 Å². The van der Waals surface area contributed by atoms with Gasteiger partial charge in [0.2, 0.25) is 0 Å². The van der Waals surface area contributed by atoms with Crippen molar-refractivity contribution in [1.82, 2.24) is 9.47 Å². The number of aliphatic imine (C=N–C) groups is 1. The molecule has 4 aromatic rings. The first-order valence-electron chi connectivity index (χ1n) is 11.2. The quantitative estimate of drug-likeness (QED) is 0.257. The Labute approximate surface area is 218 Å². The van der Waals surface area contributed by atoms with Crippen molar-refractivity contribution in [2.45, 2.75) is 20.4 Å². The van der Waals surface area contributed by atoms with E-state index in [2.05, 4.69) is 23.6 Å². The zero-order valence-electron chi connectivity index (χ0n) is 19.5. The number of fused-ring (bicyclic) bond motifs is 1. The molecule has 1 aromatic heterocycles. The van der Waals surface area contributed by atoms with Crippen LogP contribution >= 0.6 is 35.0 Å². The number of hydrogen-bond donors (Lipinski definition) is 0. The van der Waals surface area contributed by atoms with Crippen LogP contribution < -0.4 is 0 Å². The van der Waals surface area contributed by atoms with Gasteiger partial charge >= 0.3 is 0 Å². The first-order valence-corrected chi connectivity index (χ1v) is 12.7. The molecule has 1 aliphatic rings. The minimum absolute atomic E-state index is 0.0576. The van der Waals surface area contributed by atoms with Gasteiger partial charge in [-0.1, -0.05) is 65.2 Å². The Morgan fingerprint density at radius 2 is 1.74 bits per heavy atom. The van der Waals surface area contributed by atoms with Gasteiger partial charge in [0.1, 0.15) is 0 Å². The number of halogens is 2. The second-order valence-electron chi connectivity index (χ2n) is 8.54. The lowest BCUT2D eigenvalue weighted by atomic mass is 10.1. The zero-order valence-corrected chi connectivity index (χ0v) is 21.9. The van der Waals surface area contributed by atoms with E-state index < -0.39 is 0 Å². The van der Waals surface area contributed by atoms with E-state index in [1.165, 1.54) is 17.3 Å². The summed E-state index contributed by atoms with van der Waals surface area (Å²) in [4.78, 5) is 20.1. The highest BCUT2D eigenvalue weighted by Gasteiger charge is 2.31. The maximum absolute atomic E-state index is 13.1. The maximum Gasteiger partial charge on any atom is 0.266 e. The Bertz CT molecular complexity index is 1520. The number of likely N-dealkylation sites (N-methyl/N-ethyl adjacent to an activating group) is 1. The topological polar surface area (TPSA) is 37.6 Å². The van der Waals surface area contributed by atoms with Crippen molar-refractivity contribution in [2.75, 3.05) is 7.05 Å². The number of benzene rings is 3. The lowest BCUT2D eigenvalue weighted by Crippen LogP contribution is -2.23. The predicted octanol–water partition coefficient (Wildman–Crippen LogP) is 7.85. The molecule has 35 heavy (non-hydrogen) atoms. The van der Waals surface area contributed by atoms with Crippen LogP contribution in [0.2, 0.25) is 10.0 Å². The molecule has 0 spiro atoms. The van der Waals surface area contributed by atoms with E-state index in [0.717, 1.165) is 33.4 Å². The number of aryl methyl sites for hydroxylation is 1. The fraction of sp³-hybridized carbons (Fsp3) is 0.143. The lowest BCUT2D eigenvalue weighted by molar-refractivity contribution is -0.121. The number of carbonyl (C=O) groups is 1. The molecule has 4 nitrogen and oxygen atoms in total. The Hall–Kier alpha value is -2.99. The van der Waals surface area contributed by atoms with Crippen molar-refractivity contribution in [1.29, 1.82) is 0 Å². The van der Waals surface area contributed by atoms with Crippen LogP contribution in [0.4, 0.5) is 5.69 Å². The second kappa shape index (κ2) is 9.57. The molecule has 1 amide bonds. The number of hydrogen-bond acceptors (Lipinski definition) is 3. The van der Waals surface area contributed by atoms with E-state index in [-0.39, 0.29) is 5.91 Å². The van der Waals surface area contributed by atoms with Crippen molar-refractivity contribution >= 4 is 68.7 Å². The number of rotatable bonds is 4. The second-order valence-corrected chi connectivity index (χ2v) is 10.4. The van der Waals surface area contributed by atoms with Crippen LogP contribution in [0, 0.1) is 13.8 Å². The standard InChI is InChI=1S/C28H23Cl2N3OS/c1-17-8-12-21(13-9-17)31-28-32(3)27(34)26(35-28)15-23-18(2)33(25-7-5-4-6-22(23)25)16-19-10-11-20(29)14-24(19)30/h4-15H,16H2,1-3H3/b26-15+,31-28?. The minimum Gasteiger partial charge on any atom is -0.340 e. The smallest absolute Gasteiger partial charge is 0.266 e. The van der Waals surface area contributed by atoms with Crippen molar-refractivity contribution in [2.24, 2.45) is 4.99 Å². The fourth-order valence-corrected chi connectivity index (χ4v) is 5.61. The molecule has 0 N–H and O–H groups in total. The van der Waals surface area contributed by atoms with E-state index in [1.54, 1.807) is 18.0 Å². The summed E-state index contributed by atoms with van der Waals surface area (Å²) in [6.07, 6.45) is 1.98. The average Bonchev–Trinajstić information content (AvgIpc) is 3.25. The molecule has 5 rings (SSSR count). The van der Waals surface area contributed by atoms with Gasteiger partial charge in [0.15, 0.2) is 5.17 Å². The third-order valence-electron chi connectivity index (χ3n) is 6.16. The lowest BCUT2D eigenvalue weighted by Gasteiger charge is -2.10. The van der Waals surface area contributed by atoms with Gasteiger partial charge in [-0.2, -0.15) is 0 Å². The predicted molar refractivity (Wildman–Crippen MR) is 149 cm³/mol. The van der Waals surface area contributed by atoms with Gasteiger partial charge in [-0.25, -0.2) is 4.99 Å². The van der Waals surface area contributed by atoms with Crippen molar-refractivity contribution in [3.8, 4) is 0 Å². The summed E-state index contributed by atoms with van der Waals surface area (Å²) < 4.78 is 2.23. The Kier molecular flexibility index (Phi) is 6.49. The van der Waals surface area contributed by atoms with Crippen LogP contribution in [0.5, 0.6) is 0 Å². The molecule has 0 saturated carbocycles. The first kappa shape index (κ1) is 23.7. The number of carbonyl (C=O) groups excluding carboxylic acids is 1. The summed E-state index contributed by atoms with van der Waals surface area (Å²) >= 11 is 14.0. The molecule has 7 heteroatoms. The molecule has 0 unspecified atom stereocenters. The van der Waals surface area contributed by atoms with Gasteiger partial charge < -0.3 is 4.57 Å². The van der Waals surface area contributed by atoms with Gasteiger partial charge in [-0.05, 0) is 67.6 Å². The Balaban J connectivity index is 1.55. The Morgan fingerprint density at radius 1 is 1.00 bits per heavy atom. The largest absolute Gasteiger partial charge is 0.340 e. The molecule has 176 valence electrons. The van der Waals surface area contributed by atoms with Gasteiger partial charge in [-0.15, -0.1) is 0 Å². The van der Waals surface area contributed by atoms with Crippen molar-refractivity contribution in [3.05, 3.63) is 104 Å². The summed E-state index contributed by atoms with van der Waals surface area (Å²) in [7, 11) is 1.77. The number of amidine groups is 1. The third kappa shape index (κ3) is 4.64. The third-order valence-corrected chi connectivity index (χ3v) is 7.81. The molecule has 2 heterocycles. The molecule has 1 fully saturated rings. The summed E-state index contributed by atoms with van der Waals surface area (Å²) in [5.74, 6) is -0.0576. The highest BCUT2D eigenvalue weighted by Crippen LogP contribution is 2.36. The SMILES string of the molecule is Cc1ccc(N=C2S/C(=C/c3c(C)n(Cc4ccc(Cl)cc4Cl)c4ccccc34)C(=O)N2C)cc1. The van der Waals surface area contributed by atoms with E-state index in [4.69, 9.17) is 28.2 Å². The van der Waals surface area contributed by atoms with E-state index in [9.17, 15) is 4.79 Å². The van der Waals surface area contributed by atoms with E-state index in [0.29, 0.717) is 26.7 Å². The van der Waals surface area contributed by atoms with Gasteiger partial charge in [-0.3, -0.25) is 9.69 Å². The van der Waals surface area contributed by atoms with Gasteiger partial charge in [0, 0.05) is 45.8 Å². The molecule has 0 atom stereocenters. The van der Waals surface area contributed by atoms with Gasteiger partial charge in [0.05, 0.1) is 10.6 Å². The van der Waals surface area contributed by atoms with Crippen LogP contribution in [-0.2, 0) is 11.3 Å². The average molecular weight is 520 g/mol. The molecule has 1 saturated heterocycles. The molecular formula is C28H23Cl2N3OS. The fourth-order valence-electron chi connectivity index (χ4n) is 4.18. The normalized spacial score (nSPS) is 16.3. The number of aromatic nitrogens is 1. The molecule has 0 radical (unpaired) electrons. The minimum atomic E-state index is -0.0576. The number of para-hydroxylation sites is 1. The number of amides is 1. The molecule has 1 aliphatic heterocycles. The molecule has 3 aromatic carbocycles. The van der Waals surface area contributed by atoms with Crippen molar-refractivity contribution in [3.63, 3.8) is 0 Å². The Morgan fingerprint density at radius 3 is 2.49 bits per heavy atom. The highest BCUT2D eigenvalue weighted by atomic mass is 35.5. The summed E-state index contributed by atoms with van der Waals surface area (Å²) in [5, 5.41) is 3.00. The maximum atomic E-state index is 13.1. The van der Waals surface area contributed by atoms with Crippen LogP contribution in [0.25, 0.3) is 17.0 Å². The summed E-state index contributed by atoms with van der Waals surface area (Å²) in [5.41, 5.74) is 6.14. The van der Waals surface area contributed by atoms with Crippen LogP contribution in [0.1, 0.15) is 22.4 Å². The summed E-state index contributed by atoms with van der Waals surface area (Å²) in [6, 6.07) is 21.7. The van der Waals surface area contributed by atoms with Crippen LogP contribution in [-0.4, -0.2) is 27.6 Å². The van der Waals surface area contributed by atoms with E-state index >= 15 is 0 Å². The number of nitrogens with zero attached hydrogens (tertiary/aromatic N) is 3. The zero-order chi connectivity index (χ0) is 24.7. The van der Waals surface area contributed by atoms with E-state index in [1.807, 2.05) is 61.5 Å². The van der Waals surface area contributed by atoms with Gasteiger partial charge in [0.25, 0.3) is 5.91 Å². The highest BCUT2D eigenvalue weighted by molar-refractivity contribution is 8.18. The number of thioether (sulfide) groups is 1. The molecule has 0 aliphatic carbocycles. The van der Waals surface area contributed by atoms with Crippen LogP contribution in [0.15, 0.2) is 76.6 Å². The molecular weight excluding hydrogens is 497 g/mol. The molecule has 0 bridgehead atoms. The summed E-state index contributed by atoms with van der Waals surface area (Å²) in [6.45, 7) is 4.72. The monoisotopic (exact) mass is 519 g/mol.